The van der Waals surface area contributed by atoms with Crippen LogP contribution in [-0.2, 0) is 22.3 Å². The molecule has 0 spiro atoms. The first-order valence-electron chi connectivity index (χ1n) is 18.0. The van der Waals surface area contributed by atoms with Gasteiger partial charge in [0.1, 0.15) is 29.0 Å². The smallest absolute Gasteiger partial charge is 0.355 e. The average Bonchev–Trinajstić information content (AvgIpc) is 3.63. The summed E-state index contributed by atoms with van der Waals surface area (Å²) < 4.78 is 68.5. The lowest BCUT2D eigenvalue weighted by Crippen LogP contribution is -2.46. The van der Waals surface area contributed by atoms with Gasteiger partial charge in [-0.2, -0.15) is 18.4 Å². The van der Waals surface area contributed by atoms with E-state index in [1.54, 1.807) is 61.3 Å². The number of nitrogens with one attached hydrogen (secondary N) is 1. The number of fused-ring (bicyclic) bond motifs is 2. The second-order valence-electron chi connectivity index (χ2n) is 13.8. The number of carbonyl (C=O) groups excluding carboxylic acids is 1. The number of aryl methyl sites for hydroxylation is 1. The number of nitriles is 1. The number of likely N-dealkylation sites (tertiary alicyclic amines) is 1. The fourth-order valence-corrected chi connectivity index (χ4v) is 9.27. The van der Waals surface area contributed by atoms with Crippen molar-refractivity contribution in [2.75, 3.05) is 31.6 Å². The maximum absolute atomic E-state index is 14.1. The normalized spacial score (nSPS) is 13.8. The van der Waals surface area contributed by atoms with E-state index in [1.165, 1.54) is 44.8 Å². The summed E-state index contributed by atoms with van der Waals surface area (Å²) in [4.78, 5) is 47.8. The molecule has 1 aromatic carbocycles. The maximum Gasteiger partial charge on any atom is 0.401 e. The molecule has 0 atom stereocenters. The molecule has 1 aliphatic rings. The van der Waals surface area contributed by atoms with Gasteiger partial charge in [0.25, 0.3) is 11.5 Å². The minimum absolute atomic E-state index is 0.0124. The van der Waals surface area contributed by atoms with E-state index in [2.05, 4.69) is 42.6 Å². The molecule has 1 saturated heterocycles. The van der Waals surface area contributed by atoms with Gasteiger partial charge in [-0.1, -0.05) is 29.5 Å². The zero-order valence-corrected chi connectivity index (χ0v) is 33.8. The number of thiophene rings is 1. The largest absolute Gasteiger partial charge is 0.401 e. The molecule has 0 aliphatic carbocycles. The summed E-state index contributed by atoms with van der Waals surface area (Å²) in [7, 11) is -2.36. The summed E-state index contributed by atoms with van der Waals surface area (Å²) in [5, 5.41) is 12.3. The van der Waals surface area contributed by atoms with Gasteiger partial charge in [-0.25, -0.2) is 23.1 Å². The number of hydrogen-bond acceptors (Lipinski definition) is 12. The van der Waals surface area contributed by atoms with Crippen molar-refractivity contribution in [3.63, 3.8) is 0 Å². The molecular weight excluding hydrogens is 827 g/mol. The van der Waals surface area contributed by atoms with Gasteiger partial charge in [0, 0.05) is 65.7 Å². The number of aromatic nitrogens is 5. The molecule has 5 aromatic heterocycles. The van der Waals surface area contributed by atoms with E-state index in [0.29, 0.717) is 45.1 Å². The Kier molecular flexibility index (Phi) is 11.7. The van der Waals surface area contributed by atoms with Gasteiger partial charge in [-0.05, 0) is 56.2 Å². The van der Waals surface area contributed by atoms with Crippen molar-refractivity contribution in [3.05, 3.63) is 110 Å². The van der Waals surface area contributed by atoms with Crippen LogP contribution in [-0.4, -0.2) is 82.6 Å². The molecule has 0 saturated carbocycles. The standard InChI is InChI=1S/C40H33ClF3N9O4S2/c1-24-49-33-20-48-37(51(2)28-11-16-52(17-12-28)23-40(42,43)44)31(19-45)34(33)39(55)53(24)15-5-6-25-8-9-26(41)18-30(25)29-10-14-47-35-32(21-58-36(29)35)38(54)50-59(56,57)22-27-7-3-4-13-46-27/h3-4,7-10,13-14,18,20-21,28H,11-12,15-17,22-23H2,1-2H3,(H,50,54). The zero-order chi connectivity index (χ0) is 42.1. The van der Waals surface area contributed by atoms with E-state index in [9.17, 15) is 36.4 Å². The number of rotatable bonds is 9. The second kappa shape index (κ2) is 16.7. The summed E-state index contributed by atoms with van der Waals surface area (Å²) in [6.07, 6.45) is 0.919. The van der Waals surface area contributed by atoms with Gasteiger partial charge in [-0.3, -0.25) is 29.0 Å². The third-order valence-electron chi connectivity index (χ3n) is 9.87. The number of hydrogen-bond donors (Lipinski definition) is 1. The number of amides is 1. The summed E-state index contributed by atoms with van der Waals surface area (Å²) in [5.74, 6) is 5.41. The van der Waals surface area contributed by atoms with Crippen molar-refractivity contribution in [1.29, 1.82) is 5.26 Å². The number of piperidine rings is 1. The van der Waals surface area contributed by atoms with E-state index in [4.69, 9.17) is 11.6 Å². The predicted octanol–water partition coefficient (Wildman–Crippen LogP) is 6.07. The summed E-state index contributed by atoms with van der Waals surface area (Å²) in [5.41, 5.74) is 2.12. The minimum atomic E-state index is -4.29. The highest BCUT2D eigenvalue weighted by Gasteiger charge is 2.34. The van der Waals surface area contributed by atoms with Crippen LogP contribution in [0.3, 0.4) is 0 Å². The molecule has 0 bridgehead atoms. The number of halogens is 4. The first kappa shape index (κ1) is 41.2. The molecule has 1 fully saturated rings. The molecule has 6 heterocycles. The third-order valence-corrected chi connectivity index (χ3v) is 12.3. The summed E-state index contributed by atoms with van der Waals surface area (Å²) >= 11 is 7.65. The fraction of sp³-hybridized carbons (Fsp3) is 0.275. The first-order valence-corrected chi connectivity index (χ1v) is 21.0. The topological polar surface area (TPSA) is 167 Å². The number of carbonyl (C=O) groups is 1. The van der Waals surface area contributed by atoms with Crippen LogP contribution in [0.2, 0.25) is 5.02 Å². The van der Waals surface area contributed by atoms with Crippen molar-refractivity contribution in [2.24, 2.45) is 0 Å². The molecule has 6 aromatic rings. The fourth-order valence-electron chi connectivity index (χ4n) is 7.04. The van der Waals surface area contributed by atoms with Crippen molar-refractivity contribution in [1.82, 2.24) is 34.1 Å². The Bertz CT molecular complexity index is 2880. The van der Waals surface area contributed by atoms with Gasteiger partial charge >= 0.3 is 6.18 Å². The van der Waals surface area contributed by atoms with Crippen molar-refractivity contribution < 1.29 is 26.4 Å². The molecule has 13 nitrogen and oxygen atoms in total. The van der Waals surface area contributed by atoms with Crippen LogP contribution < -0.4 is 15.2 Å². The quantitative estimate of drug-likeness (QED) is 0.168. The number of benzene rings is 1. The highest BCUT2D eigenvalue weighted by atomic mass is 35.5. The van der Waals surface area contributed by atoms with Crippen molar-refractivity contribution >= 4 is 65.8 Å². The van der Waals surface area contributed by atoms with Crippen LogP contribution >= 0.6 is 22.9 Å². The van der Waals surface area contributed by atoms with E-state index in [1.807, 2.05) is 0 Å². The molecule has 0 unspecified atom stereocenters. The first-order chi connectivity index (χ1) is 28.1. The summed E-state index contributed by atoms with van der Waals surface area (Å²) in [6.45, 7) is 1.00. The SMILES string of the molecule is Cc1nc2cnc(N(C)C3CCN(CC(F)(F)F)CC3)c(C#N)c2c(=O)n1CC#Cc1ccc(Cl)cc1-c1ccnc2c(C(=O)NS(=O)(=O)Cc3ccccn3)csc12. The van der Waals surface area contributed by atoms with Crippen LogP contribution in [0.5, 0.6) is 0 Å². The Morgan fingerprint density at radius 2 is 1.88 bits per heavy atom. The molecule has 0 radical (unpaired) electrons. The average molecular weight is 860 g/mol. The van der Waals surface area contributed by atoms with Gasteiger partial charge in [-0.15, -0.1) is 11.3 Å². The van der Waals surface area contributed by atoms with Crippen molar-refractivity contribution in [3.8, 4) is 29.0 Å². The van der Waals surface area contributed by atoms with Gasteiger partial charge in [0.2, 0.25) is 10.0 Å². The Hall–Kier alpha value is -5.92. The number of sulfonamides is 1. The molecule has 59 heavy (non-hydrogen) atoms. The predicted molar refractivity (Wildman–Crippen MR) is 218 cm³/mol. The van der Waals surface area contributed by atoms with Crippen molar-refractivity contribution in [2.45, 2.75) is 44.3 Å². The van der Waals surface area contributed by atoms with Gasteiger partial charge < -0.3 is 4.90 Å². The van der Waals surface area contributed by atoms with E-state index < -0.39 is 40.0 Å². The third kappa shape index (κ3) is 9.06. The Balaban J connectivity index is 1.16. The van der Waals surface area contributed by atoms with E-state index in [0.717, 1.165) is 0 Å². The number of anilines is 1. The van der Waals surface area contributed by atoms with E-state index in [-0.39, 0.29) is 64.7 Å². The van der Waals surface area contributed by atoms with Crippen LogP contribution in [0.4, 0.5) is 19.0 Å². The van der Waals surface area contributed by atoms with Crippen LogP contribution in [0.15, 0.2) is 71.2 Å². The lowest BCUT2D eigenvalue weighted by molar-refractivity contribution is -0.147. The molecule has 19 heteroatoms. The van der Waals surface area contributed by atoms with Gasteiger partial charge in [0.05, 0.1) is 51.7 Å². The Morgan fingerprint density at radius 3 is 2.59 bits per heavy atom. The number of pyridine rings is 3. The molecule has 1 amide bonds. The molecule has 302 valence electrons. The Labute approximate surface area is 345 Å². The second-order valence-corrected chi connectivity index (χ2v) is 16.8. The highest BCUT2D eigenvalue weighted by Crippen LogP contribution is 2.37. The van der Waals surface area contributed by atoms with E-state index >= 15 is 0 Å². The molecule has 1 aliphatic heterocycles. The highest BCUT2D eigenvalue weighted by molar-refractivity contribution is 7.89. The van der Waals surface area contributed by atoms with Gasteiger partial charge in [0.15, 0.2) is 0 Å². The van der Waals surface area contributed by atoms with Crippen LogP contribution in [0, 0.1) is 30.1 Å². The lowest BCUT2D eigenvalue weighted by Gasteiger charge is -2.37. The Morgan fingerprint density at radius 1 is 1.10 bits per heavy atom. The molecule has 1 N–H and O–H groups in total. The monoisotopic (exact) mass is 859 g/mol. The molecular formula is C40H33ClF3N9O4S2. The number of alkyl halides is 3. The molecule has 7 rings (SSSR count). The zero-order valence-electron chi connectivity index (χ0n) is 31.4. The number of nitrogens with zero attached hydrogens (tertiary/aromatic N) is 8. The maximum atomic E-state index is 14.1. The minimum Gasteiger partial charge on any atom is -0.355 e. The summed E-state index contributed by atoms with van der Waals surface area (Å²) in [6, 6.07) is 13.6. The van der Waals surface area contributed by atoms with Crippen LogP contribution in [0.25, 0.3) is 32.2 Å². The van der Waals surface area contributed by atoms with Crippen LogP contribution in [0.1, 0.15) is 45.8 Å². The lowest BCUT2D eigenvalue weighted by atomic mass is 10.00.